The Hall–Kier alpha value is -8.16. The second kappa shape index (κ2) is 17.7. The summed E-state index contributed by atoms with van der Waals surface area (Å²) >= 11 is -3.32. The van der Waals surface area contributed by atoms with E-state index in [1.165, 1.54) is 19.6 Å². The third-order valence-electron chi connectivity index (χ3n) is 14.8. The molecule has 8 bridgehead atoms. The van der Waals surface area contributed by atoms with Crippen LogP contribution in [0.5, 0.6) is 0 Å². The van der Waals surface area contributed by atoms with Gasteiger partial charge in [-0.2, -0.15) is 0 Å². The first-order chi connectivity index (χ1) is 42.8. The van der Waals surface area contributed by atoms with Crippen LogP contribution in [-0.4, -0.2) is 44.5 Å². The molecule has 10 nitrogen and oxygen atoms in total. The van der Waals surface area contributed by atoms with Crippen molar-refractivity contribution < 1.29 is 51.7 Å². The predicted molar refractivity (Wildman–Crippen MR) is 322 cm³/mol. The van der Waals surface area contributed by atoms with Gasteiger partial charge in [-0.1, -0.05) is 0 Å². The molecule has 78 heavy (non-hydrogen) atoms. The van der Waals surface area contributed by atoms with E-state index in [1.807, 2.05) is 177 Å². The number of hydrogen-bond donors (Lipinski definition) is 0. The number of rotatable bonds is 2. The number of nitrogens with zero attached hydrogens (tertiary/aromatic N) is 10. The van der Waals surface area contributed by atoms with Gasteiger partial charge in [-0.3, -0.25) is 0 Å². The van der Waals surface area contributed by atoms with Crippen LogP contribution < -0.4 is 49.0 Å². The number of benzene rings is 9. The molecule has 0 fully saturated rings. The molecule has 0 amide bonds. The van der Waals surface area contributed by atoms with Crippen LogP contribution >= 0.6 is 0 Å². The van der Waals surface area contributed by atoms with Crippen molar-refractivity contribution in [3.63, 3.8) is 0 Å². The van der Waals surface area contributed by atoms with Gasteiger partial charge in [0.15, 0.2) is 0 Å². The SMILES string of the molecule is [2H]C([2H])([2H])N1[C]2=[Pt]=[C]3N(c4cccc(c4)N(c4ccc(N5c6cccc(c6)N6[C](=[Pt]=[C]7N(c8cccc5c8)c5ccccc5N7C([2H])([2H])[2H])N(C([2H])([2H])[2H])c5ccccc56)c(C(C)(C)C)c4)c4cccc(c4)N2c2ccccc21)c1ccccc1N3C([2H])([2H])[2H]. The molecule has 0 saturated heterocycles. The van der Waals surface area contributed by atoms with E-state index >= 15 is 0 Å². The van der Waals surface area contributed by atoms with Gasteiger partial charge in [-0.15, -0.1) is 0 Å². The first kappa shape index (κ1) is 36.0. The molecule has 9 aromatic carbocycles. The van der Waals surface area contributed by atoms with E-state index in [4.69, 9.17) is 16.4 Å². The molecule has 6 aliphatic rings. The van der Waals surface area contributed by atoms with Crippen molar-refractivity contribution in [1.29, 1.82) is 0 Å². The third-order valence-corrected chi connectivity index (χ3v) is 20.9. The van der Waals surface area contributed by atoms with Gasteiger partial charge in [0.2, 0.25) is 0 Å². The molecule has 0 unspecified atom stereocenters. The fourth-order valence-corrected chi connectivity index (χ4v) is 17.6. The van der Waals surface area contributed by atoms with Crippen LogP contribution in [-0.2, 0) is 40.7 Å². The standard InChI is InChI=1S/C66H56N10.2Pt/c1-66(2,3)56-42-55(75(51-24-16-20-47(38-51)71-43-67(4)58-28-8-12-32-62(58)71)52-25-17-21-48(39-52)72-44-68(5)59-29-9-13-33-63(59)72)36-37-57(56)76(53-26-18-22-49(40-53)73-45-69(6)60-30-10-14-34-64(60)73)54-27-19-23-50(41-54)74-46-70(7)61-31-11-15-35-65(61)74;;/h8-42H,1-7H3;;/i4D3,5D3,6D3,7D3;;. The van der Waals surface area contributed by atoms with E-state index in [0.717, 1.165) is 39.7 Å². The molecule has 6 aliphatic heterocycles. The minimum absolute atomic E-state index is 0.467. The topological polar surface area (TPSA) is 32.4 Å². The molecule has 0 aromatic heterocycles. The molecule has 15 rings (SSSR count). The van der Waals surface area contributed by atoms with Crippen LogP contribution in [0, 0.1) is 0 Å². The molecule has 0 aliphatic carbocycles. The summed E-state index contributed by atoms with van der Waals surface area (Å²) in [6.45, 7) is -4.06. The molecule has 6 heterocycles. The van der Waals surface area contributed by atoms with Crippen LogP contribution in [0.1, 0.15) is 42.8 Å². The summed E-state index contributed by atoms with van der Waals surface area (Å²) in [4.78, 5) is 18.0. The molecule has 0 saturated carbocycles. The van der Waals surface area contributed by atoms with Gasteiger partial charge in [-0.05, 0) is 0 Å². The summed E-state index contributed by atoms with van der Waals surface area (Å²) in [5, 5.41) is 0. The van der Waals surface area contributed by atoms with E-state index in [9.17, 15) is 0 Å². The van der Waals surface area contributed by atoms with Crippen molar-refractivity contribution in [1.82, 2.24) is 0 Å². The van der Waals surface area contributed by atoms with E-state index in [-0.39, 0.29) is 0 Å². The Morgan fingerprint density at radius 3 is 0.833 bits per heavy atom. The van der Waals surface area contributed by atoms with Gasteiger partial charge in [0, 0.05) is 0 Å². The van der Waals surface area contributed by atoms with Gasteiger partial charge in [0.1, 0.15) is 0 Å². The molecule has 0 N–H and O–H groups in total. The summed E-state index contributed by atoms with van der Waals surface area (Å²) in [6, 6.07) is 68.5. The predicted octanol–water partition coefficient (Wildman–Crippen LogP) is 14.8. The Balaban J connectivity index is 0.970. The summed E-state index contributed by atoms with van der Waals surface area (Å²) < 4.78 is 111. The van der Waals surface area contributed by atoms with Crippen LogP contribution in [0.3, 0.4) is 0 Å². The zero-order valence-electron chi connectivity index (χ0n) is 54.3. The van der Waals surface area contributed by atoms with Gasteiger partial charge in [-0.25, -0.2) is 0 Å². The van der Waals surface area contributed by atoms with Crippen molar-refractivity contribution in [2.45, 2.75) is 26.2 Å². The monoisotopic (exact) mass is 1390 g/mol. The van der Waals surface area contributed by atoms with Crippen molar-refractivity contribution in [2.24, 2.45) is 0 Å². The second-order valence-corrected chi connectivity index (χ2v) is 25.7. The molecule has 12 heteroatoms. The van der Waals surface area contributed by atoms with Crippen molar-refractivity contribution >= 4 is 119 Å². The minimum atomic E-state index is -2.65. The van der Waals surface area contributed by atoms with Crippen LogP contribution in [0.25, 0.3) is 0 Å². The molecule has 0 atom stereocenters. The van der Waals surface area contributed by atoms with Gasteiger partial charge >= 0.3 is 492 Å². The normalized spacial score (nSPS) is 19.1. The Bertz CT molecular complexity index is 4390. The van der Waals surface area contributed by atoms with E-state index in [1.54, 1.807) is 0 Å². The fraction of sp³-hybridized carbons (Fsp3) is 0.121. The van der Waals surface area contributed by atoms with Crippen LogP contribution in [0.2, 0.25) is 0 Å². The van der Waals surface area contributed by atoms with E-state index in [2.05, 4.69) is 85.2 Å². The first-order valence-corrected chi connectivity index (χ1v) is 30.0. The average molecular weight is 1390 g/mol. The van der Waals surface area contributed by atoms with E-state index in [0.29, 0.717) is 84.8 Å². The molecule has 390 valence electrons. The van der Waals surface area contributed by atoms with E-state index < -0.39 is 68.6 Å². The van der Waals surface area contributed by atoms with Gasteiger partial charge in [0.25, 0.3) is 0 Å². The Morgan fingerprint density at radius 2 is 0.538 bits per heavy atom. The van der Waals surface area contributed by atoms with Gasteiger partial charge in [0.05, 0.1) is 0 Å². The summed E-state index contributed by atoms with van der Waals surface area (Å²) in [5.41, 5.74) is 12.5. The van der Waals surface area contributed by atoms with Crippen LogP contribution in [0.15, 0.2) is 212 Å². The molecular weight excluding hydrogens is 1320 g/mol. The number of fused-ring (bicyclic) bond motifs is 24. The summed E-state index contributed by atoms with van der Waals surface area (Å²) in [6.07, 6.45) is 0. The summed E-state index contributed by atoms with van der Waals surface area (Å²) in [7, 11) is 0. The quantitative estimate of drug-likeness (QED) is 0.167. The third kappa shape index (κ3) is 7.08. The number of anilines is 18. The molecule has 9 aromatic rings. The zero-order valence-corrected chi connectivity index (χ0v) is 46.9. The maximum absolute atomic E-state index is 9.11. The second-order valence-electron chi connectivity index (χ2n) is 20.5. The number of hydrogen-bond acceptors (Lipinski definition) is 10. The maximum atomic E-state index is 9.11. The van der Waals surface area contributed by atoms with Crippen molar-refractivity contribution in [3.05, 3.63) is 218 Å². The van der Waals surface area contributed by atoms with Crippen molar-refractivity contribution in [3.8, 4) is 0 Å². The zero-order chi connectivity index (χ0) is 62.7. The number of para-hydroxylation sites is 8. The van der Waals surface area contributed by atoms with Crippen molar-refractivity contribution in [2.75, 3.05) is 76.9 Å². The first-order valence-electron chi connectivity index (χ1n) is 31.4. The average Bonchev–Trinajstić information content (AvgIpc) is 1.55. The van der Waals surface area contributed by atoms with Gasteiger partial charge < -0.3 is 0 Å². The Labute approximate surface area is 489 Å². The Kier molecular flexibility index (Phi) is 8.17. The fourth-order valence-electron chi connectivity index (χ4n) is 11.3. The molecule has 0 radical (unpaired) electrons. The van der Waals surface area contributed by atoms with Crippen LogP contribution in [0.4, 0.5) is 102 Å². The Morgan fingerprint density at radius 1 is 0.269 bits per heavy atom. The molecule has 0 spiro atoms. The molecular formula is C66H56N10Pt2. The summed E-state index contributed by atoms with van der Waals surface area (Å²) in [5.74, 6) is 0.